The molecule has 0 bridgehead atoms. The molecule has 0 atom stereocenters. The van der Waals surface area contributed by atoms with Crippen LogP contribution >= 0.6 is 11.3 Å². The molecule has 12 heteroatoms. The Morgan fingerprint density at radius 2 is 1.74 bits per heavy atom. The fourth-order valence-electron chi connectivity index (χ4n) is 2.14. The predicted molar refractivity (Wildman–Crippen MR) is 92.8 cm³/mol. The topological polar surface area (TPSA) is 165 Å². The van der Waals surface area contributed by atoms with Crippen LogP contribution in [0.4, 0.5) is 16.4 Å². The number of carbonyl (C=O) groups is 2. The summed E-state index contributed by atoms with van der Waals surface area (Å²) in [6.45, 7) is 1.50. The van der Waals surface area contributed by atoms with Crippen LogP contribution in [0.2, 0.25) is 0 Å². The number of carbonyl (C=O) groups excluding carboxylic acids is 2. The Morgan fingerprint density at radius 3 is 2.19 bits per heavy atom. The van der Waals surface area contributed by atoms with Crippen molar-refractivity contribution in [3.8, 4) is 6.07 Å². The van der Waals surface area contributed by atoms with E-state index in [-0.39, 0.29) is 21.0 Å². The molecule has 2 rings (SSSR count). The molecule has 0 radical (unpaired) electrons. The zero-order valence-electron chi connectivity index (χ0n) is 13.8. The summed E-state index contributed by atoms with van der Waals surface area (Å²) in [5.41, 5.74) is -1.28. The molecule has 0 spiro atoms. The van der Waals surface area contributed by atoms with Crippen molar-refractivity contribution in [2.75, 3.05) is 12.4 Å². The van der Waals surface area contributed by atoms with Gasteiger partial charge in [-0.3, -0.25) is 25.0 Å². The van der Waals surface area contributed by atoms with Crippen molar-refractivity contribution in [1.82, 2.24) is 0 Å². The summed E-state index contributed by atoms with van der Waals surface area (Å²) >= 11 is 0.791. The number of nitrogens with one attached hydrogen (secondary N) is 1. The molecule has 1 aromatic heterocycles. The van der Waals surface area contributed by atoms with Crippen molar-refractivity contribution in [3.05, 3.63) is 60.0 Å². The predicted octanol–water partition coefficient (Wildman–Crippen LogP) is 2.78. The first-order valence-corrected chi connectivity index (χ1v) is 7.88. The molecular formula is C15H10N4O7S. The minimum atomic E-state index is -0.907. The Hall–Kier alpha value is -3.85. The van der Waals surface area contributed by atoms with Crippen molar-refractivity contribution in [1.29, 1.82) is 5.26 Å². The average Bonchev–Trinajstić information content (AvgIpc) is 2.95. The third-order valence-electron chi connectivity index (χ3n) is 3.44. The van der Waals surface area contributed by atoms with Gasteiger partial charge in [0.25, 0.3) is 17.3 Å². The van der Waals surface area contributed by atoms with Gasteiger partial charge < -0.3 is 10.1 Å². The summed E-state index contributed by atoms with van der Waals surface area (Å²) in [6, 6.07) is 4.32. The van der Waals surface area contributed by atoms with E-state index >= 15 is 0 Å². The van der Waals surface area contributed by atoms with Crippen LogP contribution in [0.25, 0.3) is 0 Å². The van der Waals surface area contributed by atoms with Crippen molar-refractivity contribution >= 4 is 39.6 Å². The van der Waals surface area contributed by atoms with E-state index in [1.165, 1.54) is 6.92 Å². The van der Waals surface area contributed by atoms with E-state index in [0.717, 1.165) is 36.6 Å². The van der Waals surface area contributed by atoms with Crippen molar-refractivity contribution in [2.24, 2.45) is 0 Å². The van der Waals surface area contributed by atoms with Crippen LogP contribution in [0.5, 0.6) is 0 Å². The second kappa shape index (κ2) is 7.58. The number of hydrogen-bond acceptors (Lipinski definition) is 9. The highest BCUT2D eigenvalue weighted by Crippen LogP contribution is 2.33. The number of esters is 1. The van der Waals surface area contributed by atoms with Gasteiger partial charge in [-0.15, -0.1) is 11.3 Å². The molecule has 0 aliphatic heterocycles. The largest absolute Gasteiger partial charge is 0.465 e. The highest BCUT2D eigenvalue weighted by atomic mass is 32.1. The summed E-state index contributed by atoms with van der Waals surface area (Å²) in [5.74, 6) is -1.60. The molecule has 1 N–H and O–H groups in total. The molecule has 0 aliphatic rings. The maximum absolute atomic E-state index is 12.4. The van der Waals surface area contributed by atoms with E-state index in [9.17, 15) is 35.1 Å². The summed E-state index contributed by atoms with van der Waals surface area (Å²) in [6.07, 6.45) is 0. The Morgan fingerprint density at radius 1 is 1.19 bits per heavy atom. The second-order valence-electron chi connectivity index (χ2n) is 5.07. The first-order chi connectivity index (χ1) is 12.7. The van der Waals surface area contributed by atoms with Crippen LogP contribution in [-0.2, 0) is 4.74 Å². The zero-order valence-corrected chi connectivity index (χ0v) is 14.7. The quantitative estimate of drug-likeness (QED) is 0.462. The van der Waals surface area contributed by atoms with Crippen molar-refractivity contribution in [2.45, 2.75) is 6.92 Å². The number of amides is 1. The maximum Gasteiger partial charge on any atom is 0.348 e. The smallest absolute Gasteiger partial charge is 0.348 e. The molecule has 0 unspecified atom stereocenters. The number of nitro groups is 2. The first-order valence-electron chi connectivity index (χ1n) is 7.06. The van der Waals surface area contributed by atoms with Gasteiger partial charge in [0.15, 0.2) is 0 Å². The number of methoxy groups -OCH3 is 1. The monoisotopic (exact) mass is 390 g/mol. The third-order valence-corrected chi connectivity index (χ3v) is 4.63. The van der Waals surface area contributed by atoms with Gasteiger partial charge in [-0.05, 0) is 12.5 Å². The van der Waals surface area contributed by atoms with Gasteiger partial charge in [0.2, 0.25) is 0 Å². The summed E-state index contributed by atoms with van der Waals surface area (Å²) in [4.78, 5) is 44.4. The Kier molecular flexibility index (Phi) is 5.47. The van der Waals surface area contributed by atoms with Gasteiger partial charge in [0.05, 0.1) is 34.1 Å². The third kappa shape index (κ3) is 3.88. The van der Waals surface area contributed by atoms with E-state index in [1.807, 2.05) is 6.07 Å². The molecule has 138 valence electrons. The fourth-order valence-corrected chi connectivity index (χ4v) is 3.21. The fraction of sp³-hybridized carbons (Fsp3) is 0.133. The minimum Gasteiger partial charge on any atom is -0.465 e. The van der Waals surface area contributed by atoms with Gasteiger partial charge in [0.1, 0.15) is 15.9 Å². The molecule has 0 saturated carbocycles. The van der Waals surface area contributed by atoms with Gasteiger partial charge >= 0.3 is 5.97 Å². The van der Waals surface area contributed by atoms with E-state index in [2.05, 4.69) is 10.1 Å². The summed E-state index contributed by atoms with van der Waals surface area (Å²) in [7, 11) is 1.16. The van der Waals surface area contributed by atoms with Crippen LogP contribution < -0.4 is 5.32 Å². The van der Waals surface area contributed by atoms with Crippen LogP contribution in [0.15, 0.2) is 18.2 Å². The number of non-ortho nitro benzene ring substituents is 2. The Bertz CT molecular complexity index is 990. The molecule has 0 aliphatic carbocycles. The number of nitrogens with zero attached hydrogens (tertiary/aromatic N) is 3. The highest BCUT2D eigenvalue weighted by molar-refractivity contribution is 7.18. The number of ether oxygens (including phenoxy) is 1. The van der Waals surface area contributed by atoms with E-state index in [4.69, 9.17) is 0 Å². The number of rotatable bonds is 5. The van der Waals surface area contributed by atoms with Crippen LogP contribution in [0, 0.1) is 38.5 Å². The molecule has 1 aromatic carbocycles. The molecular weight excluding hydrogens is 380 g/mol. The number of thiophene rings is 1. The SMILES string of the molecule is COC(=O)c1sc(NC(=O)c2cc([N+](=O)[O-])cc([N+](=O)[O-])c2)c(C#N)c1C. The lowest BCUT2D eigenvalue weighted by molar-refractivity contribution is -0.394. The molecule has 2 aromatic rings. The van der Waals surface area contributed by atoms with Gasteiger partial charge in [-0.25, -0.2) is 4.79 Å². The first kappa shape index (κ1) is 19.5. The Labute approximate surface area is 155 Å². The van der Waals surface area contributed by atoms with E-state index in [1.54, 1.807) is 0 Å². The van der Waals surface area contributed by atoms with Gasteiger partial charge in [-0.2, -0.15) is 5.26 Å². The number of benzene rings is 1. The van der Waals surface area contributed by atoms with E-state index in [0.29, 0.717) is 5.56 Å². The molecule has 1 amide bonds. The average molecular weight is 390 g/mol. The number of hydrogen-bond donors (Lipinski definition) is 1. The summed E-state index contributed by atoms with van der Waals surface area (Å²) in [5, 5.41) is 33.5. The number of anilines is 1. The van der Waals surface area contributed by atoms with Crippen LogP contribution in [0.1, 0.15) is 31.2 Å². The minimum absolute atomic E-state index is 0.0219. The van der Waals surface area contributed by atoms with Crippen LogP contribution in [0.3, 0.4) is 0 Å². The normalized spacial score (nSPS) is 9.96. The Balaban J connectivity index is 2.46. The lowest BCUT2D eigenvalue weighted by Crippen LogP contribution is -2.12. The summed E-state index contributed by atoms with van der Waals surface area (Å²) < 4.78 is 4.60. The van der Waals surface area contributed by atoms with Crippen LogP contribution in [-0.4, -0.2) is 28.8 Å². The number of nitro benzene ring substituents is 2. The molecule has 0 fully saturated rings. The van der Waals surface area contributed by atoms with Gasteiger partial charge in [-0.1, -0.05) is 0 Å². The molecule has 1 heterocycles. The zero-order chi connectivity index (χ0) is 20.3. The highest BCUT2D eigenvalue weighted by Gasteiger charge is 2.24. The second-order valence-corrected chi connectivity index (χ2v) is 6.09. The van der Waals surface area contributed by atoms with Crippen molar-refractivity contribution < 1.29 is 24.2 Å². The molecule has 11 nitrogen and oxygen atoms in total. The molecule has 27 heavy (non-hydrogen) atoms. The van der Waals surface area contributed by atoms with E-state index < -0.39 is 33.1 Å². The lowest BCUT2D eigenvalue weighted by Gasteiger charge is -2.04. The lowest BCUT2D eigenvalue weighted by atomic mass is 10.1. The molecule has 0 saturated heterocycles. The standard InChI is InChI=1S/C15H10N4O7S/c1-7-11(6-16)14(27-12(7)15(21)26-2)17-13(20)8-3-9(18(22)23)5-10(4-8)19(24)25/h3-5H,1-2H3,(H,17,20). The van der Waals surface area contributed by atoms with Crippen molar-refractivity contribution in [3.63, 3.8) is 0 Å². The maximum atomic E-state index is 12.4. The van der Waals surface area contributed by atoms with Gasteiger partial charge in [0, 0.05) is 12.1 Å². The number of nitriles is 1.